The van der Waals surface area contributed by atoms with Gasteiger partial charge in [0.05, 0.1) is 18.7 Å². The van der Waals surface area contributed by atoms with E-state index in [0.717, 1.165) is 27.8 Å². The van der Waals surface area contributed by atoms with E-state index in [1.54, 1.807) is 26.6 Å². The van der Waals surface area contributed by atoms with Gasteiger partial charge in [0, 0.05) is 57.2 Å². The molecule has 36 heavy (non-hydrogen) atoms. The average molecular weight is 491 g/mol. The molecule has 188 valence electrons. The Kier molecular flexibility index (Phi) is 9.18. The molecule has 0 spiro atoms. The lowest BCUT2D eigenvalue weighted by molar-refractivity contribution is 0.143. The van der Waals surface area contributed by atoms with Crippen LogP contribution in [0.15, 0.2) is 60.9 Å². The van der Waals surface area contributed by atoms with Gasteiger partial charge in [-0.1, -0.05) is 24.3 Å². The number of anilines is 2. The Bertz CT molecular complexity index is 1220. The summed E-state index contributed by atoms with van der Waals surface area (Å²) in [5.41, 5.74) is 2.84. The van der Waals surface area contributed by atoms with Gasteiger partial charge in [0.1, 0.15) is 19.0 Å². The van der Waals surface area contributed by atoms with Gasteiger partial charge in [-0.3, -0.25) is 0 Å². The summed E-state index contributed by atoms with van der Waals surface area (Å²) in [7, 11) is 3.27. The highest BCUT2D eigenvalue weighted by molar-refractivity contribution is 5.90. The maximum Gasteiger partial charge on any atom is 0.225 e. The van der Waals surface area contributed by atoms with Crippen LogP contribution >= 0.6 is 0 Å². The summed E-state index contributed by atoms with van der Waals surface area (Å²) in [6.07, 6.45) is 3.55. The standard InChI is InChI=1S/C26H30N6O4/c1-33-11-13-35-23-9-7-19(15-27-23)17-29-25-21-5-3-4-6-22(21)31-26(32-25)30-18-20-8-10-24(28-16-20)36-14-12-34-2/h3-10,15-16H,11-14,17-18H2,1-2H3,(H2,29,30,31,32). The largest absolute Gasteiger partial charge is 0.475 e. The molecule has 0 bridgehead atoms. The third-order valence-electron chi connectivity index (χ3n) is 5.18. The first kappa shape index (κ1) is 25.1. The van der Waals surface area contributed by atoms with E-state index >= 15 is 0 Å². The van der Waals surface area contributed by atoms with Gasteiger partial charge in [0.15, 0.2) is 0 Å². The number of pyridine rings is 2. The summed E-state index contributed by atoms with van der Waals surface area (Å²) in [4.78, 5) is 18.1. The minimum atomic E-state index is 0.462. The van der Waals surface area contributed by atoms with Crippen LogP contribution in [0, 0.1) is 0 Å². The number of methoxy groups -OCH3 is 2. The van der Waals surface area contributed by atoms with E-state index in [1.807, 2.05) is 48.5 Å². The average Bonchev–Trinajstić information content (AvgIpc) is 2.92. The molecule has 2 N–H and O–H groups in total. The second-order valence-corrected chi connectivity index (χ2v) is 7.81. The van der Waals surface area contributed by atoms with Crippen molar-refractivity contribution >= 4 is 22.7 Å². The van der Waals surface area contributed by atoms with Gasteiger partial charge < -0.3 is 29.6 Å². The highest BCUT2D eigenvalue weighted by Gasteiger charge is 2.08. The molecular formula is C26H30N6O4. The number of hydrogen-bond donors (Lipinski definition) is 2. The Hall–Kier alpha value is -4.02. The van der Waals surface area contributed by atoms with Crippen molar-refractivity contribution in [1.82, 2.24) is 19.9 Å². The number of para-hydroxylation sites is 1. The first-order valence-electron chi connectivity index (χ1n) is 11.6. The predicted octanol–water partition coefficient (Wildman–Crippen LogP) is 3.69. The molecular weight excluding hydrogens is 460 g/mol. The summed E-state index contributed by atoms with van der Waals surface area (Å²) in [6.45, 7) is 3.05. The van der Waals surface area contributed by atoms with E-state index in [1.165, 1.54) is 0 Å². The molecule has 4 aromatic rings. The number of aromatic nitrogens is 4. The lowest BCUT2D eigenvalue weighted by Crippen LogP contribution is -2.09. The van der Waals surface area contributed by atoms with Gasteiger partial charge >= 0.3 is 0 Å². The topological polar surface area (TPSA) is 113 Å². The molecule has 3 aromatic heterocycles. The van der Waals surface area contributed by atoms with Crippen LogP contribution in [0.4, 0.5) is 11.8 Å². The molecule has 10 nitrogen and oxygen atoms in total. The van der Waals surface area contributed by atoms with Crippen molar-refractivity contribution in [3.05, 3.63) is 72.1 Å². The molecule has 0 unspecified atom stereocenters. The molecule has 0 aliphatic rings. The fourth-order valence-corrected chi connectivity index (χ4v) is 3.32. The zero-order valence-electron chi connectivity index (χ0n) is 20.4. The Morgan fingerprint density at radius 1 is 0.667 bits per heavy atom. The van der Waals surface area contributed by atoms with E-state index in [-0.39, 0.29) is 0 Å². The molecule has 3 heterocycles. The summed E-state index contributed by atoms with van der Waals surface area (Å²) < 4.78 is 21.0. The van der Waals surface area contributed by atoms with Crippen molar-refractivity contribution in [3.63, 3.8) is 0 Å². The van der Waals surface area contributed by atoms with Crippen molar-refractivity contribution < 1.29 is 18.9 Å². The van der Waals surface area contributed by atoms with Crippen molar-refractivity contribution in [2.24, 2.45) is 0 Å². The number of nitrogens with one attached hydrogen (secondary N) is 2. The fraction of sp³-hybridized carbons (Fsp3) is 0.308. The quantitative estimate of drug-likeness (QED) is 0.254. The normalized spacial score (nSPS) is 10.8. The first-order valence-corrected chi connectivity index (χ1v) is 11.6. The monoisotopic (exact) mass is 490 g/mol. The molecule has 0 radical (unpaired) electrons. The van der Waals surface area contributed by atoms with Gasteiger partial charge in [-0.25, -0.2) is 15.0 Å². The molecule has 0 aliphatic carbocycles. The molecule has 0 aliphatic heterocycles. The maximum absolute atomic E-state index is 5.53. The Balaban J connectivity index is 1.39. The highest BCUT2D eigenvalue weighted by atomic mass is 16.5. The van der Waals surface area contributed by atoms with Crippen molar-refractivity contribution in [1.29, 1.82) is 0 Å². The minimum absolute atomic E-state index is 0.462. The van der Waals surface area contributed by atoms with E-state index in [0.29, 0.717) is 57.2 Å². The Labute approximate surface area is 210 Å². The molecule has 0 saturated heterocycles. The van der Waals surface area contributed by atoms with Crippen molar-refractivity contribution in [2.75, 3.05) is 51.3 Å². The number of hydrogen-bond acceptors (Lipinski definition) is 10. The molecule has 0 fully saturated rings. The fourth-order valence-electron chi connectivity index (χ4n) is 3.32. The van der Waals surface area contributed by atoms with Crippen molar-refractivity contribution in [2.45, 2.75) is 13.1 Å². The molecule has 0 amide bonds. The van der Waals surface area contributed by atoms with Crippen LogP contribution in [-0.2, 0) is 22.6 Å². The number of fused-ring (bicyclic) bond motifs is 1. The van der Waals surface area contributed by atoms with Gasteiger partial charge in [-0.05, 0) is 23.3 Å². The summed E-state index contributed by atoms with van der Waals surface area (Å²) in [5.74, 6) is 2.40. The van der Waals surface area contributed by atoms with Gasteiger partial charge in [-0.2, -0.15) is 4.98 Å². The SMILES string of the molecule is COCCOc1ccc(CNc2nc(NCc3ccc(OCCOC)nc3)c3ccccc3n2)cn1. The summed E-state index contributed by atoms with van der Waals surface area (Å²) >= 11 is 0. The van der Waals surface area contributed by atoms with Crippen LogP contribution in [0.5, 0.6) is 11.8 Å². The Morgan fingerprint density at radius 3 is 1.86 bits per heavy atom. The smallest absolute Gasteiger partial charge is 0.225 e. The van der Waals surface area contributed by atoms with Crippen LogP contribution in [0.3, 0.4) is 0 Å². The van der Waals surface area contributed by atoms with E-state index in [4.69, 9.17) is 23.9 Å². The minimum Gasteiger partial charge on any atom is -0.475 e. The number of benzene rings is 1. The zero-order valence-corrected chi connectivity index (χ0v) is 20.4. The Morgan fingerprint density at radius 2 is 1.28 bits per heavy atom. The highest BCUT2D eigenvalue weighted by Crippen LogP contribution is 2.23. The van der Waals surface area contributed by atoms with Crippen LogP contribution in [0.1, 0.15) is 11.1 Å². The van der Waals surface area contributed by atoms with Gasteiger partial charge in [-0.15, -0.1) is 0 Å². The molecule has 0 atom stereocenters. The van der Waals surface area contributed by atoms with Crippen LogP contribution < -0.4 is 20.1 Å². The van der Waals surface area contributed by atoms with Gasteiger partial charge in [0.25, 0.3) is 0 Å². The lowest BCUT2D eigenvalue weighted by Gasteiger charge is -2.12. The molecule has 1 aromatic carbocycles. The molecule has 0 saturated carbocycles. The second kappa shape index (κ2) is 13.2. The lowest BCUT2D eigenvalue weighted by atomic mass is 10.2. The van der Waals surface area contributed by atoms with Crippen LogP contribution in [0.2, 0.25) is 0 Å². The number of rotatable bonds is 14. The first-order chi connectivity index (χ1) is 17.7. The maximum atomic E-state index is 5.53. The van der Waals surface area contributed by atoms with Crippen molar-refractivity contribution in [3.8, 4) is 11.8 Å². The summed E-state index contributed by atoms with van der Waals surface area (Å²) in [6, 6.07) is 15.5. The molecule has 4 rings (SSSR count). The third-order valence-corrected chi connectivity index (χ3v) is 5.18. The zero-order chi connectivity index (χ0) is 25.0. The second-order valence-electron chi connectivity index (χ2n) is 7.81. The number of nitrogens with zero attached hydrogens (tertiary/aromatic N) is 4. The van der Waals surface area contributed by atoms with Crippen LogP contribution in [0.25, 0.3) is 10.9 Å². The number of ether oxygens (including phenoxy) is 4. The summed E-state index contributed by atoms with van der Waals surface area (Å²) in [5, 5.41) is 7.65. The van der Waals surface area contributed by atoms with Gasteiger partial charge in [0.2, 0.25) is 17.7 Å². The third kappa shape index (κ3) is 7.24. The van der Waals surface area contributed by atoms with E-state index in [2.05, 4.69) is 25.6 Å². The van der Waals surface area contributed by atoms with E-state index in [9.17, 15) is 0 Å². The predicted molar refractivity (Wildman–Crippen MR) is 137 cm³/mol. The van der Waals surface area contributed by atoms with Crippen LogP contribution in [-0.4, -0.2) is 60.6 Å². The molecule has 10 heteroatoms. The van der Waals surface area contributed by atoms with E-state index < -0.39 is 0 Å².